The van der Waals surface area contributed by atoms with Crippen LogP contribution in [0, 0.1) is 13.8 Å². The number of benzene rings is 1. The molecule has 0 atom stereocenters. The Labute approximate surface area is 71.4 Å². The molecule has 0 spiro atoms. The van der Waals surface area contributed by atoms with Crippen LogP contribution in [0.15, 0.2) is 18.3 Å². The summed E-state index contributed by atoms with van der Waals surface area (Å²) in [5, 5.41) is 1.22. The lowest BCUT2D eigenvalue weighted by Crippen LogP contribution is -1.92. The molecule has 0 aliphatic carbocycles. The van der Waals surface area contributed by atoms with Crippen molar-refractivity contribution in [1.82, 2.24) is 4.98 Å². The highest BCUT2D eigenvalue weighted by molar-refractivity contribution is 5.93. The number of aryl methyl sites for hydroxylation is 2. The second-order valence-electron chi connectivity index (χ2n) is 3.19. The molecule has 0 amide bonds. The molecule has 2 nitrogen and oxygen atoms in total. The van der Waals surface area contributed by atoms with E-state index in [-0.39, 0.29) is 0 Å². The zero-order chi connectivity index (χ0) is 8.72. The third-order valence-corrected chi connectivity index (χ3v) is 2.30. The van der Waals surface area contributed by atoms with Gasteiger partial charge in [-0.15, -0.1) is 0 Å². The van der Waals surface area contributed by atoms with Crippen LogP contribution in [-0.2, 0) is 0 Å². The smallest absolute Gasteiger partial charge is 0.0692 e. The van der Waals surface area contributed by atoms with Gasteiger partial charge in [-0.3, -0.25) is 0 Å². The maximum atomic E-state index is 5.90. The summed E-state index contributed by atoms with van der Waals surface area (Å²) in [6.07, 6.45) is 1.92. The van der Waals surface area contributed by atoms with E-state index in [1.807, 2.05) is 13.1 Å². The summed E-state index contributed by atoms with van der Waals surface area (Å²) in [6.45, 7) is 4.13. The third kappa shape index (κ3) is 0.811. The molecule has 0 aliphatic rings. The molecule has 0 aliphatic heterocycles. The van der Waals surface area contributed by atoms with Gasteiger partial charge in [-0.2, -0.15) is 0 Å². The van der Waals surface area contributed by atoms with E-state index in [0.29, 0.717) is 0 Å². The Morgan fingerprint density at radius 3 is 2.75 bits per heavy atom. The van der Waals surface area contributed by atoms with Crippen LogP contribution >= 0.6 is 0 Å². The first-order valence-electron chi connectivity index (χ1n) is 4.03. The Morgan fingerprint density at radius 1 is 1.25 bits per heavy atom. The van der Waals surface area contributed by atoms with Crippen molar-refractivity contribution < 1.29 is 0 Å². The second kappa shape index (κ2) is 2.27. The van der Waals surface area contributed by atoms with Crippen LogP contribution in [0.3, 0.4) is 0 Å². The Hall–Kier alpha value is -1.44. The fourth-order valence-electron chi connectivity index (χ4n) is 1.60. The highest BCUT2D eigenvalue weighted by atomic mass is 14.7. The van der Waals surface area contributed by atoms with Crippen molar-refractivity contribution >= 4 is 16.6 Å². The summed E-state index contributed by atoms with van der Waals surface area (Å²) in [5.74, 6) is 0. The van der Waals surface area contributed by atoms with Crippen molar-refractivity contribution in [2.45, 2.75) is 13.8 Å². The Balaban J connectivity index is 2.97. The molecule has 2 rings (SSSR count). The Kier molecular flexibility index (Phi) is 1.37. The SMILES string of the molecule is Cc1cc(C)c2cc[nH]c2c1N. The first kappa shape index (κ1) is 7.22. The van der Waals surface area contributed by atoms with Crippen LogP contribution < -0.4 is 5.73 Å². The zero-order valence-corrected chi connectivity index (χ0v) is 7.31. The van der Waals surface area contributed by atoms with E-state index in [9.17, 15) is 0 Å². The number of anilines is 1. The predicted octanol–water partition coefficient (Wildman–Crippen LogP) is 2.37. The van der Waals surface area contributed by atoms with Crippen LogP contribution in [0.25, 0.3) is 10.9 Å². The molecule has 1 aromatic carbocycles. The number of nitrogen functional groups attached to an aromatic ring is 1. The normalized spacial score (nSPS) is 10.8. The molecule has 1 aromatic heterocycles. The van der Waals surface area contributed by atoms with E-state index in [2.05, 4.69) is 24.0 Å². The predicted molar refractivity (Wildman–Crippen MR) is 52.2 cm³/mol. The average Bonchev–Trinajstić information content (AvgIpc) is 2.48. The van der Waals surface area contributed by atoms with Gasteiger partial charge in [-0.25, -0.2) is 0 Å². The first-order valence-corrected chi connectivity index (χ1v) is 4.03. The standard InChI is InChI=1S/C10H12N2/c1-6-5-7(2)9(11)10-8(6)3-4-12-10/h3-5,12H,11H2,1-2H3. The fraction of sp³-hybridized carbons (Fsp3) is 0.200. The molecule has 2 aromatic rings. The molecule has 3 N–H and O–H groups in total. The van der Waals surface area contributed by atoms with Crippen molar-refractivity contribution in [1.29, 1.82) is 0 Å². The van der Waals surface area contributed by atoms with Crippen molar-refractivity contribution in [3.05, 3.63) is 29.5 Å². The molecule has 1 heterocycles. The maximum Gasteiger partial charge on any atom is 0.0692 e. The lowest BCUT2D eigenvalue weighted by molar-refractivity contribution is 1.41. The number of rotatable bonds is 0. The summed E-state index contributed by atoms with van der Waals surface area (Å²) in [5.41, 5.74) is 10.2. The number of H-pyrrole nitrogens is 1. The van der Waals surface area contributed by atoms with Crippen molar-refractivity contribution in [2.24, 2.45) is 0 Å². The Morgan fingerprint density at radius 2 is 2.00 bits per heavy atom. The number of aromatic amines is 1. The molecule has 0 fully saturated rings. The number of hydrogen-bond donors (Lipinski definition) is 2. The minimum atomic E-state index is 0.862. The van der Waals surface area contributed by atoms with Gasteiger partial charge in [0.05, 0.1) is 11.2 Å². The molecule has 0 saturated heterocycles. The number of nitrogens with two attached hydrogens (primary N) is 1. The minimum absolute atomic E-state index is 0.862. The summed E-state index contributed by atoms with van der Waals surface area (Å²) < 4.78 is 0. The first-order chi connectivity index (χ1) is 5.70. The highest BCUT2D eigenvalue weighted by Crippen LogP contribution is 2.25. The largest absolute Gasteiger partial charge is 0.397 e. The Bertz CT molecular complexity index is 427. The van der Waals surface area contributed by atoms with Crippen LogP contribution in [0.5, 0.6) is 0 Å². The van der Waals surface area contributed by atoms with Gasteiger partial charge in [0.2, 0.25) is 0 Å². The summed E-state index contributed by atoms with van der Waals surface area (Å²) in [4.78, 5) is 3.14. The molecule has 0 unspecified atom stereocenters. The van der Waals surface area contributed by atoms with Crippen LogP contribution in [0.2, 0.25) is 0 Å². The monoisotopic (exact) mass is 160 g/mol. The van der Waals surface area contributed by atoms with Gasteiger partial charge < -0.3 is 10.7 Å². The minimum Gasteiger partial charge on any atom is -0.397 e. The molecule has 12 heavy (non-hydrogen) atoms. The van der Waals surface area contributed by atoms with Crippen molar-refractivity contribution in [3.63, 3.8) is 0 Å². The fourth-order valence-corrected chi connectivity index (χ4v) is 1.60. The van der Waals surface area contributed by atoms with Gasteiger partial charge in [0.15, 0.2) is 0 Å². The number of aromatic nitrogens is 1. The molecule has 2 heteroatoms. The highest BCUT2D eigenvalue weighted by Gasteiger charge is 2.04. The van der Waals surface area contributed by atoms with E-state index >= 15 is 0 Å². The van der Waals surface area contributed by atoms with E-state index < -0.39 is 0 Å². The lowest BCUT2D eigenvalue weighted by Gasteiger charge is -2.04. The van der Waals surface area contributed by atoms with E-state index in [0.717, 1.165) is 16.8 Å². The van der Waals surface area contributed by atoms with Crippen LogP contribution in [0.4, 0.5) is 5.69 Å². The average molecular weight is 160 g/mol. The number of fused-ring (bicyclic) bond motifs is 1. The number of hydrogen-bond acceptors (Lipinski definition) is 1. The van der Waals surface area contributed by atoms with Crippen molar-refractivity contribution in [2.75, 3.05) is 5.73 Å². The van der Waals surface area contributed by atoms with Gasteiger partial charge in [0, 0.05) is 11.6 Å². The lowest BCUT2D eigenvalue weighted by atomic mass is 10.1. The maximum absolute atomic E-state index is 5.90. The molecular formula is C10H12N2. The quantitative estimate of drug-likeness (QED) is 0.571. The van der Waals surface area contributed by atoms with E-state index in [4.69, 9.17) is 5.73 Å². The van der Waals surface area contributed by atoms with E-state index in [1.165, 1.54) is 10.9 Å². The van der Waals surface area contributed by atoms with Gasteiger partial charge in [-0.05, 0) is 31.0 Å². The van der Waals surface area contributed by atoms with Gasteiger partial charge in [0.1, 0.15) is 0 Å². The molecule has 62 valence electrons. The van der Waals surface area contributed by atoms with Gasteiger partial charge in [-0.1, -0.05) is 6.07 Å². The van der Waals surface area contributed by atoms with Gasteiger partial charge >= 0.3 is 0 Å². The molecule has 0 bridgehead atoms. The molecule has 0 saturated carbocycles. The third-order valence-electron chi connectivity index (χ3n) is 2.30. The summed E-state index contributed by atoms with van der Waals surface area (Å²) in [7, 11) is 0. The summed E-state index contributed by atoms with van der Waals surface area (Å²) >= 11 is 0. The topological polar surface area (TPSA) is 41.8 Å². The van der Waals surface area contributed by atoms with E-state index in [1.54, 1.807) is 0 Å². The second-order valence-corrected chi connectivity index (χ2v) is 3.19. The van der Waals surface area contributed by atoms with Crippen LogP contribution in [0.1, 0.15) is 11.1 Å². The zero-order valence-electron chi connectivity index (χ0n) is 7.31. The molecule has 0 radical (unpaired) electrons. The van der Waals surface area contributed by atoms with Gasteiger partial charge in [0.25, 0.3) is 0 Å². The summed E-state index contributed by atoms with van der Waals surface area (Å²) in [6, 6.07) is 4.17. The number of nitrogens with one attached hydrogen (secondary N) is 1. The molecular weight excluding hydrogens is 148 g/mol. The van der Waals surface area contributed by atoms with Crippen LogP contribution in [-0.4, -0.2) is 4.98 Å². The van der Waals surface area contributed by atoms with Crippen molar-refractivity contribution in [3.8, 4) is 0 Å².